The molecule has 20 heavy (non-hydrogen) atoms. The second-order valence-electron chi connectivity index (χ2n) is 5.60. The first-order valence-electron chi connectivity index (χ1n) is 7.12. The predicted octanol–water partition coefficient (Wildman–Crippen LogP) is 2.83. The number of esters is 1. The molecular weight excluding hydrogens is 256 g/mol. The fourth-order valence-corrected chi connectivity index (χ4v) is 3.72. The monoisotopic (exact) mass is 276 g/mol. The van der Waals surface area contributed by atoms with Gasteiger partial charge in [-0.25, -0.2) is 0 Å². The van der Waals surface area contributed by atoms with E-state index in [4.69, 9.17) is 14.2 Å². The number of rotatable bonds is 3. The lowest BCUT2D eigenvalue weighted by atomic mass is 9.66. The summed E-state index contributed by atoms with van der Waals surface area (Å²) in [6.07, 6.45) is 4.56. The Hall–Kier alpha value is -1.71. The minimum Gasteiger partial charge on any atom is -0.493 e. The van der Waals surface area contributed by atoms with Crippen LogP contribution in [0.25, 0.3) is 0 Å². The average molecular weight is 276 g/mol. The normalized spacial score (nSPS) is 28.7. The molecular formula is C16H20O4. The number of hydrogen-bond acceptors (Lipinski definition) is 4. The second-order valence-corrected chi connectivity index (χ2v) is 5.60. The van der Waals surface area contributed by atoms with Crippen molar-refractivity contribution >= 4 is 5.97 Å². The number of carbonyl (C=O) groups excluding carboxylic acids is 1. The largest absolute Gasteiger partial charge is 0.493 e. The molecule has 3 rings (SSSR count). The van der Waals surface area contributed by atoms with Crippen molar-refractivity contribution in [3.63, 3.8) is 0 Å². The van der Waals surface area contributed by atoms with Crippen molar-refractivity contribution in [1.29, 1.82) is 0 Å². The summed E-state index contributed by atoms with van der Waals surface area (Å²) >= 11 is 0. The third-order valence-corrected chi connectivity index (χ3v) is 4.63. The third-order valence-electron chi connectivity index (χ3n) is 4.63. The fourth-order valence-electron chi connectivity index (χ4n) is 3.72. The molecule has 0 N–H and O–H groups in total. The molecule has 2 atom stereocenters. The van der Waals surface area contributed by atoms with Crippen molar-refractivity contribution in [2.24, 2.45) is 0 Å². The molecule has 1 aromatic carbocycles. The zero-order valence-electron chi connectivity index (χ0n) is 12.0. The number of methoxy groups -OCH3 is 2. The Kier molecular flexibility index (Phi) is 3.32. The van der Waals surface area contributed by atoms with E-state index in [1.54, 1.807) is 14.2 Å². The van der Waals surface area contributed by atoms with Gasteiger partial charge in [-0.3, -0.25) is 4.79 Å². The Labute approximate surface area is 119 Å². The molecule has 1 saturated heterocycles. The van der Waals surface area contributed by atoms with E-state index in [-0.39, 0.29) is 17.5 Å². The summed E-state index contributed by atoms with van der Waals surface area (Å²) in [4.78, 5) is 11.8. The molecule has 1 aliphatic carbocycles. The van der Waals surface area contributed by atoms with E-state index >= 15 is 0 Å². The van der Waals surface area contributed by atoms with Crippen LogP contribution in [-0.4, -0.2) is 26.3 Å². The van der Waals surface area contributed by atoms with Gasteiger partial charge in [0.1, 0.15) is 6.10 Å². The van der Waals surface area contributed by atoms with Crippen molar-refractivity contribution < 1.29 is 19.0 Å². The molecule has 1 heterocycles. The highest BCUT2D eigenvalue weighted by Gasteiger charge is 2.52. The molecule has 0 aromatic heterocycles. The standard InChI is InChI=1S/C16H20O4/c1-18-12-7-5-6-11(15(12)19-2)16-9-4-3-8-13(16)20-14(17)10-16/h5-7,13H,3-4,8-10H2,1-2H3/t13-,16-/m0/s1. The van der Waals surface area contributed by atoms with Gasteiger partial charge in [0.15, 0.2) is 11.5 Å². The summed E-state index contributed by atoms with van der Waals surface area (Å²) in [6, 6.07) is 5.88. The van der Waals surface area contributed by atoms with Crippen LogP contribution in [0.5, 0.6) is 11.5 Å². The molecule has 0 radical (unpaired) electrons. The van der Waals surface area contributed by atoms with Crippen LogP contribution in [-0.2, 0) is 14.9 Å². The minimum atomic E-state index is -0.241. The van der Waals surface area contributed by atoms with Gasteiger partial charge in [-0.05, 0) is 25.3 Å². The van der Waals surface area contributed by atoms with Crippen molar-refractivity contribution in [2.75, 3.05) is 14.2 Å². The van der Waals surface area contributed by atoms with E-state index < -0.39 is 0 Å². The predicted molar refractivity (Wildman–Crippen MR) is 74.2 cm³/mol. The Morgan fingerprint density at radius 2 is 2.10 bits per heavy atom. The third kappa shape index (κ3) is 1.86. The van der Waals surface area contributed by atoms with Crippen molar-refractivity contribution in [2.45, 2.75) is 43.6 Å². The van der Waals surface area contributed by atoms with E-state index in [9.17, 15) is 4.79 Å². The number of benzene rings is 1. The van der Waals surface area contributed by atoms with Crippen molar-refractivity contribution in [3.8, 4) is 11.5 Å². The van der Waals surface area contributed by atoms with Gasteiger partial charge in [-0.2, -0.15) is 0 Å². The first kappa shape index (κ1) is 13.3. The first-order chi connectivity index (χ1) is 9.71. The minimum absolute atomic E-state index is 0.0234. The molecule has 0 bridgehead atoms. The number of fused-ring (bicyclic) bond motifs is 1. The molecule has 1 aliphatic heterocycles. The van der Waals surface area contributed by atoms with Crippen LogP contribution >= 0.6 is 0 Å². The zero-order valence-corrected chi connectivity index (χ0v) is 12.0. The highest BCUT2D eigenvalue weighted by Crippen LogP contribution is 2.52. The molecule has 0 amide bonds. The maximum Gasteiger partial charge on any atom is 0.307 e. The van der Waals surface area contributed by atoms with Crippen LogP contribution in [0, 0.1) is 0 Å². The fraction of sp³-hybridized carbons (Fsp3) is 0.562. The highest BCUT2D eigenvalue weighted by atomic mass is 16.6. The smallest absolute Gasteiger partial charge is 0.307 e. The molecule has 4 nitrogen and oxygen atoms in total. The van der Waals surface area contributed by atoms with Crippen molar-refractivity contribution in [1.82, 2.24) is 0 Å². The van der Waals surface area contributed by atoms with Gasteiger partial charge in [-0.15, -0.1) is 0 Å². The van der Waals surface area contributed by atoms with Gasteiger partial charge in [0, 0.05) is 11.0 Å². The summed E-state index contributed by atoms with van der Waals surface area (Å²) in [5.41, 5.74) is 0.810. The van der Waals surface area contributed by atoms with Crippen molar-refractivity contribution in [3.05, 3.63) is 23.8 Å². The van der Waals surface area contributed by atoms with E-state index in [1.165, 1.54) is 0 Å². The van der Waals surface area contributed by atoms with E-state index in [0.717, 1.165) is 37.0 Å². The summed E-state index contributed by atoms with van der Waals surface area (Å²) < 4.78 is 16.5. The van der Waals surface area contributed by atoms with Crippen LogP contribution in [0.2, 0.25) is 0 Å². The quantitative estimate of drug-likeness (QED) is 0.796. The molecule has 0 unspecified atom stereocenters. The molecule has 2 fully saturated rings. The van der Waals surface area contributed by atoms with E-state index in [0.29, 0.717) is 12.2 Å². The molecule has 1 saturated carbocycles. The average Bonchev–Trinajstić information content (AvgIpc) is 2.83. The Bertz CT molecular complexity index is 525. The number of hydrogen-bond donors (Lipinski definition) is 0. The van der Waals surface area contributed by atoms with Gasteiger partial charge in [0.2, 0.25) is 0 Å². The van der Waals surface area contributed by atoms with Crippen LogP contribution in [0.1, 0.15) is 37.7 Å². The summed E-state index contributed by atoms with van der Waals surface area (Å²) in [5.74, 6) is 1.35. The van der Waals surface area contributed by atoms with E-state index in [1.807, 2.05) is 18.2 Å². The lowest BCUT2D eigenvalue weighted by Crippen LogP contribution is -2.38. The molecule has 1 aromatic rings. The van der Waals surface area contributed by atoms with Gasteiger partial charge in [0.25, 0.3) is 0 Å². The van der Waals surface area contributed by atoms with Crippen LogP contribution < -0.4 is 9.47 Å². The lowest BCUT2D eigenvalue weighted by Gasteiger charge is -2.38. The van der Waals surface area contributed by atoms with Gasteiger partial charge < -0.3 is 14.2 Å². The molecule has 2 aliphatic rings. The topological polar surface area (TPSA) is 44.8 Å². The first-order valence-corrected chi connectivity index (χ1v) is 7.12. The second kappa shape index (κ2) is 5.00. The van der Waals surface area contributed by atoms with Crippen LogP contribution in [0.4, 0.5) is 0 Å². The zero-order chi connectivity index (χ0) is 14.2. The van der Waals surface area contributed by atoms with E-state index in [2.05, 4.69) is 0 Å². The maximum absolute atomic E-state index is 11.8. The number of para-hydroxylation sites is 1. The Balaban J connectivity index is 2.12. The van der Waals surface area contributed by atoms with Crippen LogP contribution in [0.15, 0.2) is 18.2 Å². The molecule has 0 spiro atoms. The van der Waals surface area contributed by atoms with Gasteiger partial charge >= 0.3 is 5.97 Å². The summed E-state index contributed by atoms with van der Waals surface area (Å²) in [5, 5.41) is 0. The van der Waals surface area contributed by atoms with Crippen LogP contribution in [0.3, 0.4) is 0 Å². The van der Waals surface area contributed by atoms with Gasteiger partial charge in [-0.1, -0.05) is 18.6 Å². The summed E-state index contributed by atoms with van der Waals surface area (Å²) in [7, 11) is 3.28. The number of ether oxygens (including phenoxy) is 3. The van der Waals surface area contributed by atoms with Gasteiger partial charge in [0.05, 0.1) is 20.6 Å². The molecule has 108 valence electrons. The highest BCUT2D eigenvalue weighted by molar-refractivity contribution is 5.76. The SMILES string of the molecule is COc1cccc([C@@]23CCCC[C@@H]2OC(=O)C3)c1OC. The Morgan fingerprint density at radius 3 is 2.85 bits per heavy atom. The molecule has 4 heteroatoms. The maximum atomic E-state index is 11.8. The lowest BCUT2D eigenvalue weighted by molar-refractivity contribution is -0.142. The number of carbonyl (C=O) groups is 1. The Morgan fingerprint density at radius 1 is 1.25 bits per heavy atom. The summed E-state index contributed by atoms with van der Waals surface area (Å²) in [6.45, 7) is 0.